The number of nitrogens with zero attached hydrogens (tertiary/aromatic N) is 2. The van der Waals surface area contributed by atoms with E-state index in [2.05, 4.69) is 20.8 Å². The number of hydrogen-bond acceptors (Lipinski definition) is 4. The third kappa shape index (κ3) is 6.89. The molecule has 1 aliphatic carbocycles. The summed E-state index contributed by atoms with van der Waals surface area (Å²) >= 11 is 0. The summed E-state index contributed by atoms with van der Waals surface area (Å²) in [4.78, 5) is 26.4. The first kappa shape index (κ1) is 22.9. The van der Waals surface area contributed by atoms with E-state index >= 15 is 0 Å². The second-order valence-electron chi connectivity index (χ2n) is 8.34. The van der Waals surface area contributed by atoms with Gasteiger partial charge in [-0.05, 0) is 76.5 Å². The Morgan fingerprint density at radius 2 is 1.94 bits per heavy atom. The van der Waals surface area contributed by atoms with E-state index in [1.54, 1.807) is 19.1 Å². The number of rotatable bonds is 8. The summed E-state index contributed by atoms with van der Waals surface area (Å²) in [6.07, 6.45) is 7.02. The summed E-state index contributed by atoms with van der Waals surface area (Å²) in [5.41, 5.74) is 2.62. The first-order valence-corrected chi connectivity index (χ1v) is 11.0. The minimum atomic E-state index is -0.409. The SMILES string of the molecule is CC(C(=O)NC(=O)NC1CCCCC1)N(C)CCCc1cc(-c2ccc(F)cc2)n[nH]1. The molecule has 0 aliphatic heterocycles. The first-order valence-electron chi connectivity index (χ1n) is 11.0. The number of hydrogen-bond donors (Lipinski definition) is 3. The van der Waals surface area contributed by atoms with Crippen molar-refractivity contribution in [2.24, 2.45) is 0 Å². The largest absolute Gasteiger partial charge is 0.335 e. The molecular formula is C23H32FN5O2. The monoisotopic (exact) mass is 429 g/mol. The minimum absolute atomic E-state index is 0.170. The van der Waals surface area contributed by atoms with Gasteiger partial charge in [0.05, 0.1) is 11.7 Å². The number of H-pyrrole nitrogens is 1. The topological polar surface area (TPSA) is 90.1 Å². The molecular weight excluding hydrogens is 397 g/mol. The third-order valence-electron chi connectivity index (χ3n) is 5.95. The van der Waals surface area contributed by atoms with Crippen molar-refractivity contribution in [1.82, 2.24) is 25.7 Å². The predicted molar refractivity (Wildman–Crippen MR) is 118 cm³/mol. The summed E-state index contributed by atoms with van der Waals surface area (Å²) < 4.78 is 13.1. The standard InChI is InChI=1S/C23H32FN5O2/c1-16(22(30)26-23(31)25-19-7-4-3-5-8-19)29(2)14-6-9-20-15-21(28-27-20)17-10-12-18(24)13-11-17/h10-13,15-16,19H,3-9,14H2,1-2H3,(H,27,28)(H2,25,26,30,31). The maximum absolute atomic E-state index is 13.1. The van der Waals surface area contributed by atoms with Gasteiger partial charge in [-0.3, -0.25) is 20.1 Å². The van der Waals surface area contributed by atoms with Crippen molar-refractivity contribution in [3.8, 4) is 11.3 Å². The molecule has 3 amide bonds. The molecule has 1 aliphatic rings. The molecule has 31 heavy (non-hydrogen) atoms. The highest BCUT2D eigenvalue weighted by Gasteiger charge is 2.22. The van der Waals surface area contributed by atoms with E-state index in [0.29, 0.717) is 6.54 Å². The number of nitrogens with one attached hydrogen (secondary N) is 3. The summed E-state index contributed by atoms with van der Waals surface area (Å²) in [6.45, 7) is 2.50. The number of benzene rings is 1. The Hall–Kier alpha value is -2.74. The van der Waals surface area contributed by atoms with Crippen molar-refractivity contribution in [2.45, 2.75) is 64.0 Å². The van der Waals surface area contributed by atoms with Crippen LogP contribution < -0.4 is 10.6 Å². The summed E-state index contributed by atoms with van der Waals surface area (Å²) in [5, 5.41) is 12.7. The second-order valence-corrected chi connectivity index (χ2v) is 8.34. The summed E-state index contributed by atoms with van der Waals surface area (Å²) in [5.74, 6) is -0.567. The number of imide groups is 1. The van der Waals surface area contributed by atoms with Gasteiger partial charge in [0.25, 0.3) is 0 Å². The average Bonchev–Trinajstić information content (AvgIpc) is 3.23. The normalized spacial score (nSPS) is 15.6. The second kappa shape index (κ2) is 11.0. The number of urea groups is 1. The molecule has 8 heteroatoms. The van der Waals surface area contributed by atoms with E-state index in [-0.39, 0.29) is 17.8 Å². The van der Waals surface area contributed by atoms with Crippen LogP contribution in [0.15, 0.2) is 30.3 Å². The van der Waals surface area contributed by atoms with Crippen LogP contribution in [0, 0.1) is 5.82 Å². The predicted octanol–water partition coefficient (Wildman–Crippen LogP) is 3.63. The van der Waals surface area contributed by atoms with Crippen molar-refractivity contribution in [3.05, 3.63) is 41.8 Å². The number of halogens is 1. The molecule has 2 aromatic rings. The van der Waals surface area contributed by atoms with E-state index in [4.69, 9.17) is 0 Å². The van der Waals surface area contributed by atoms with Crippen LogP contribution in [0.4, 0.5) is 9.18 Å². The van der Waals surface area contributed by atoms with Crippen molar-refractivity contribution < 1.29 is 14.0 Å². The average molecular weight is 430 g/mol. The van der Waals surface area contributed by atoms with Gasteiger partial charge in [0.2, 0.25) is 5.91 Å². The maximum atomic E-state index is 13.1. The molecule has 0 spiro atoms. The molecule has 7 nitrogen and oxygen atoms in total. The van der Waals surface area contributed by atoms with E-state index < -0.39 is 12.1 Å². The molecule has 0 saturated heterocycles. The van der Waals surface area contributed by atoms with Gasteiger partial charge < -0.3 is 5.32 Å². The van der Waals surface area contributed by atoms with Gasteiger partial charge in [0.1, 0.15) is 5.82 Å². The number of likely N-dealkylation sites (N-methyl/N-ethyl adjacent to an activating group) is 1. The van der Waals surface area contributed by atoms with Gasteiger partial charge in [-0.1, -0.05) is 19.3 Å². The van der Waals surface area contributed by atoms with Crippen LogP contribution >= 0.6 is 0 Å². The molecule has 1 aromatic carbocycles. The molecule has 1 heterocycles. The molecule has 0 bridgehead atoms. The Labute approximate surface area is 182 Å². The molecule has 0 radical (unpaired) electrons. The number of carbonyl (C=O) groups is 2. The van der Waals surface area contributed by atoms with Crippen LogP contribution in [0.2, 0.25) is 0 Å². The fourth-order valence-corrected chi connectivity index (χ4v) is 3.86. The first-order chi connectivity index (χ1) is 14.9. The number of amides is 3. The highest BCUT2D eigenvalue weighted by molar-refractivity contribution is 5.96. The highest BCUT2D eigenvalue weighted by Crippen LogP contribution is 2.19. The molecule has 1 saturated carbocycles. The van der Waals surface area contributed by atoms with Crippen LogP contribution in [0.3, 0.4) is 0 Å². The summed E-state index contributed by atoms with van der Waals surface area (Å²) in [6, 6.07) is 7.56. The van der Waals surface area contributed by atoms with Crippen molar-refractivity contribution >= 4 is 11.9 Å². The van der Waals surface area contributed by atoms with Crippen LogP contribution in [0.5, 0.6) is 0 Å². The number of carbonyl (C=O) groups excluding carboxylic acids is 2. The van der Waals surface area contributed by atoms with E-state index in [9.17, 15) is 14.0 Å². The van der Waals surface area contributed by atoms with E-state index in [1.807, 2.05) is 18.0 Å². The van der Waals surface area contributed by atoms with Crippen molar-refractivity contribution in [3.63, 3.8) is 0 Å². The summed E-state index contributed by atoms with van der Waals surface area (Å²) in [7, 11) is 1.88. The van der Waals surface area contributed by atoms with Gasteiger partial charge in [-0.15, -0.1) is 0 Å². The Bertz CT molecular complexity index is 861. The van der Waals surface area contributed by atoms with Gasteiger partial charge in [0.15, 0.2) is 0 Å². The maximum Gasteiger partial charge on any atom is 0.321 e. The van der Waals surface area contributed by atoms with E-state index in [1.165, 1.54) is 18.6 Å². The van der Waals surface area contributed by atoms with E-state index in [0.717, 1.165) is 55.5 Å². The fraction of sp³-hybridized carbons (Fsp3) is 0.522. The van der Waals surface area contributed by atoms with Crippen molar-refractivity contribution in [1.29, 1.82) is 0 Å². The molecule has 1 aromatic heterocycles. The number of aromatic nitrogens is 2. The Morgan fingerprint density at radius 1 is 1.23 bits per heavy atom. The lowest BCUT2D eigenvalue weighted by Gasteiger charge is -2.25. The Kier molecular flexibility index (Phi) is 8.17. The zero-order chi connectivity index (χ0) is 22.2. The third-order valence-corrected chi connectivity index (χ3v) is 5.95. The van der Waals surface area contributed by atoms with Gasteiger partial charge >= 0.3 is 6.03 Å². The zero-order valence-electron chi connectivity index (χ0n) is 18.3. The molecule has 1 fully saturated rings. The number of aromatic amines is 1. The lowest BCUT2D eigenvalue weighted by Crippen LogP contribution is -2.51. The quantitative estimate of drug-likeness (QED) is 0.598. The van der Waals surface area contributed by atoms with Crippen LogP contribution in [-0.4, -0.2) is 52.7 Å². The van der Waals surface area contributed by atoms with Gasteiger partial charge in [-0.2, -0.15) is 5.10 Å². The van der Waals surface area contributed by atoms with Crippen molar-refractivity contribution in [2.75, 3.05) is 13.6 Å². The smallest absolute Gasteiger partial charge is 0.321 e. The lowest BCUT2D eigenvalue weighted by atomic mass is 9.96. The molecule has 3 rings (SSSR count). The van der Waals surface area contributed by atoms with Gasteiger partial charge in [-0.25, -0.2) is 9.18 Å². The molecule has 3 N–H and O–H groups in total. The fourth-order valence-electron chi connectivity index (χ4n) is 3.86. The molecule has 168 valence electrons. The zero-order valence-corrected chi connectivity index (χ0v) is 18.3. The lowest BCUT2D eigenvalue weighted by molar-refractivity contribution is -0.124. The minimum Gasteiger partial charge on any atom is -0.335 e. The number of aryl methyl sites for hydroxylation is 1. The molecule has 1 atom stereocenters. The Morgan fingerprint density at radius 3 is 2.65 bits per heavy atom. The highest BCUT2D eigenvalue weighted by atomic mass is 19.1. The van der Waals surface area contributed by atoms with Crippen LogP contribution in [0.25, 0.3) is 11.3 Å². The van der Waals surface area contributed by atoms with Crippen LogP contribution in [-0.2, 0) is 11.2 Å². The molecule has 1 unspecified atom stereocenters. The van der Waals surface area contributed by atoms with Crippen LogP contribution in [0.1, 0.15) is 51.1 Å². The van der Waals surface area contributed by atoms with Gasteiger partial charge in [0, 0.05) is 17.3 Å². The Balaban J connectivity index is 1.39.